The predicted octanol–water partition coefficient (Wildman–Crippen LogP) is 5.98. The van der Waals surface area contributed by atoms with Crippen molar-refractivity contribution in [3.8, 4) is 23.3 Å². The Morgan fingerprint density at radius 1 is 0.886 bits per heavy atom. The molecule has 35 heavy (non-hydrogen) atoms. The van der Waals surface area contributed by atoms with E-state index in [4.69, 9.17) is 9.47 Å². The van der Waals surface area contributed by atoms with Gasteiger partial charge in [0.2, 0.25) is 0 Å². The quantitative estimate of drug-likeness (QED) is 0.316. The first-order chi connectivity index (χ1) is 17.2. The van der Waals surface area contributed by atoms with Crippen LogP contribution < -0.4 is 9.47 Å². The van der Waals surface area contributed by atoms with Gasteiger partial charge in [0.05, 0.1) is 18.2 Å². The van der Waals surface area contributed by atoms with E-state index in [2.05, 4.69) is 11.8 Å². The molecule has 5 rings (SSSR count). The number of carbonyl (C=O) groups is 1. The van der Waals surface area contributed by atoms with Crippen molar-refractivity contribution in [3.05, 3.63) is 108 Å². The maximum atomic E-state index is 12.4. The molecule has 0 amide bonds. The van der Waals surface area contributed by atoms with E-state index in [-0.39, 0.29) is 12.3 Å². The number of para-hydroxylation sites is 1. The van der Waals surface area contributed by atoms with E-state index in [1.165, 1.54) is 0 Å². The van der Waals surface area contributed by atoms with Crippen LogP contribution in [0.15, 0.2) is 91.0 Å². The van der Waals surface area contributed by atoms with Gasteiger partial charge in [0.25, 0.3) is 0 Å². The fourth-order valence-electron chi connectivity index (χ4n) is 4.29. The number of benzene rings is 4. The molecule has 4 aromatic carbocycles. The number of nitrogens with zero attached hydrogens (tertiary/aromatic N) is 1. The summed E-state index contributed by atoms with van der Waals surface area (Å²) in [7, 11) is 1.62. The van der Waals surface area contributed by atoms with E-state index >= 15 is 0 Å². The molecule has 0 unspecified atom stereocenters. The molecule has 0 spiro atoms. The van der Waals surface area contributed by atoms with Gasteiger partial charge in [0, 0.05) is 17.3 Å². The minimum Gasteiger partial charge on any atom is -0.497 e. The summed E-state index contributed by atoms with van der Waals surface area (Å²) in [4.78, 5) is 12.4. The highest BCUT2D eigenvalue weighted by Crippen LogP contribution is 2.28. The Hall–Kier alpha value is -4.69. The van der Waals surface area contributed by atoms with Crippen molar-refractivity contribution in [1.82, 2.24) is 4.57 Å². The molecule has 0 saturated carbocycles. The highest BCUT2D eigenvalue weighted by atomic mass is 16.5. The van der Waals surface area contributed by atoms with E-state index in [0.717, 1.165) is 38.7 Å². The first-order valence-electron chi connectivity index (χ1n) is 11.2. The van der Waals surface area contributed by atoms with Gasteiger partial charge in [-0.05, 0) is 35.2 Å². The van der Waals surface area contributed by atoms with Gasteiger partial charge in [-0.2, -0.15) is 0 Å². The summed E-state index contributed by atoms with van der Waals surface area (Å²) in [6, 6.07) is 29.1. The van der Waals surface area contributed by atoms with E-state index < -0.39 is 5.97 Å². The summed E-state index contributed by atoms with van der Waals surface area (Å²) >= 11 is 0. The fourth-order valence-corrected chi connectivity index (χ4v) is 4.29. The smallest absolute Gasteiger partial charge is 0.353 e. The first-order valence-corrected chi connectivity index (χ1v) is 11.2. The SMILES string of the molecule is COc1ccc(Cn2c(C(=O)O)c(C#CCOc3cccc4ccccc34)c3ccccc32)cc1. The molecule has 0 saturated heterocycles. The minimum absolute atomic E-state index is 0.144. The zero-order valence-corrected chi connectivity index (χ0v) is 19.2. The lowest BCUT2D eigenvalue weighted by atomic mass is 10.1. The number of methoxy groups -OCH3 is 1. The molecule has 0 atom stereocenters. The number of hydrogen-bond donors (Lipinski definition) is 1. The molecule has 0 fully saturated rings. The van der Waals surface area contributed by atoms with Crippen molar-refractivity contribution >= 4 is 27.6 Å². The third kappa shape index (κ3) is 4.42. The third-order valence-corrected chi connectivity index (χ3v) is 5.94. The average molecular weight is 462 g/mol. The van der Waals surface area contributed by atoms with Crippen LogP contribution in [0.1, 0.15) is 21.6 Å². The average Bonchev–Trinajstić information content (AvgIpc) is 3.20. The minimum atomic E-state index is -1.02. The summed E-state index contributed by atoms with van der Waals surface area (Å²) in [6.45, 7) is 0.547. The number of carboxylic acid groups (broad SMARTS) is 1. The van der Waals surface area contributed by atoms with Gasteiger partial charge >= 0.3 is 5.97 Å². The number of ether oxygens (including phenoxy) is 2. The topological polar surface area (TPSA) is 60.7 Å². The van der Waals surface area contributed by atoms with Crippen molar-refractivity contribution in [3.63, 3.8) is 0 Å². The van der Waals surface area contributed by atoms with Gasteiger partial charge < -0.3 is 19.1 Å². The Bertz CT molecular complexity index is 1580. The number of aromatic nitrogens is 1. The largest absolute Gasteiger partial charge is 0.497 e. The van der Waals surface area contributed by atoms with Crippen molar-refractivity contribution in [2.24, 2.45) is 0 Å². The second-order valence-corrected chi connectivity index (χ2v) is 8.05. The molecule has 0 aliphatic rings. The highest BCUT2D eigenvalue weighted by molar-refractivity contribution is 6.00. The van der Waals surface area contributed by atoms with E-state index in [0.29, 0.717) is 12.1 Å². The molecular weight excluding hydrogens is 438 g/mol. The summed E-state index contributed by atoms with van der Waals surface area (Å²) in [6.07, 6.45) is 0. The molecule has 0 bridgehead atoms. The summed E-state index contributed by atoms with van der Waals surface area (Å²) < 4.78 is 13.0. The predicted molar refractivity (Wildman–Crippen MR) is 137 cm³/mol. The van der Waals surface area contributed by atoms with Crippen molar-refractivity contribution in [2.45, 2.75) is 6.54 Å². The lowest BCUT2D eigenvalue weighted by Crippen LogP contribution is -2.11. The molecule has 1 heterocycles. The Balaban J connectivity index is 1.49. The van der Waals surface area contributed by atoms with Gasteiger partial charge in [0.1, 0.15) is 23.8 Å². The van der Waals surface area contributed by atoms with Gasteiger partial charge in [-0.1, -0.05) is 78.6 Å². The zero-order chi connectivity index (χ0) is 24.2. The van der Waals surface area contributed by atoms with Gasteiger partial charge in [0.15, 0.2) is 0 Å². The molecule has 5 nitrogen and oxygen atoms in total. The van der Waals surface area contributed by atoms with Crippen LogP contribution in [0, 0.1) is 11.8 Å². The van der Waals surface area contributed by atoms with Gasteiger partial charge in [-0.25, -0.2) is 4.79 Å². The Morgan fingerprint density at radius 3 is 2.37 bits per heavy atom. The molecule has 1 aromatic heterocycles. The third-order valence-electron chi connectivity index (χ3n) is 5.94. The molecule has 1 N–H and O–H groups in total. The molecule has 0 aliphatic carbocycles. The Morgan fingerprint density at radius 2 is 1.60 bits per heavy atom. The van der Waals surface area contributed by atoms with Crippen LogP contribution in [0.4, 0.5) is 0 Å². The molecule has 5 heteroatoms. The van der Waals surface area contributed by atoms with E-state index in [1.807, 2.05) is 91.0 Å². The van der Waals surface area contributed by atoms with Gasteiger partial charge in [-0.3, -0.25) is 0 Å². The van der Waals surface area contributed by atoms with Crippen LogP contribution in [-0.4, -0.2) is 29.4 Å². The highest BCUT2D eigenvalue weighted by Gasteiger charge is 2.21. The van der Waals surface area contributed by atoms with Crippen molar-refractivity contribution in [2.75, 3.05) is 13.7 Å². The van der Waals surface area contributed by atoms with Crippen LogP contribution in [-0.2, 0) is 6.54 Å². The Labute approximate surface area is 203 Å². The standard InChI is InChI=1S/C30H23NO4/c1-34-23-17-15-21(16-18-23)20-31-27-13-5-4-11-25(27)26(29(31)30(32)33)12-7-19-35-28-14-6-9-22-8-2-3-10-24(22)28/h2-6,8-11,13-18H,19-20H2,1H3,(H,32,33). The number of carboxylic acids is 1. The van der Waals surface area contributed by atoms with Gasteiger partial charge in [-0.15, -0.1) is 0 Å². The summed E-state index contributed by atoms with van der Waals surface area (Å²) in [5.74, 6) is 6.59. The molecular formula is C30H23NO4. The second kappa shape index (κ2) is 9.66. The van der Waals surface area contributed by atoms with E-state index in [9.17, 15) is 9.90 Å². The molecule has 0 aliphatic heterocycles. The number of rotatable bonds is 6. The first kappa shape index (κ1) is 22.1. The maximum Gasteiger partial charge on any atom is 0.353 e. The number of hydrogen-bond acceptors (Lipinski definition) is 3. The summed E-state index contributed by atoms with van der Waals surface area (Å²) in [5.41, 5.74) is 2.44. The lowest BCUT2D eigenvalue weighted by molar-refractivity contribution is 0.0686. The fraction of sp³-hybridized carbons (Fsp3) is 0.100. The van der Waals surface area contributed by atoms with Crippen LogP contribution in [0.5, 0.6) is 11.5 Å². The van der Waals surface area contributed by atoms with Crippen molar-refractivity contribution in [1.29, 1.82) is 0 Å². The normalized spacial score (nSPS) is 10.7. The molecule has 0 radical (unpaired) electrons. The number of fused-ring (bicyclic) bond motifs is 2. The monoisotopic (exact) mass is 461 g/mol. The van der Waals surface area contributed by atoms with E-state index in [1.54, 1.807) is 11.7 Å². The number of aromatic carboxylic acids is 1. The second-order valence-electron chi connectivity index (χ2n) is 8.05. The van der Waals surface area contributed by atoms with Crippen LogP contribution in [0.25, 0.3) is 21.7 Å². The molecule has 172 valence electrons. The van der Waals surface area contributed by atoms with Crippen LogP contribution >= 0.6 is 0 Å². The summed E-state index contributed by atoms with van der Waals surface area (Å²) in [5, 5.41) is 13.0. The van der Waals surface area contributed by atoms with Crippen molar-refractivity contribution < 1.29 is 19.4 Å². The Kier molecular flexibility index (Phi) is 6.11. The zero-order valence-electron chi connectivity index (χ0n) is 19.2. The van der Waals surface area contributed by atoms with Crippen LogP contribution in [0.2, 0.25) is 0 Å². The maximum absolute atomic E-state index is 12.4. The lowest BCUT2D eigenvalue weighted by Gasteiger charge is -2.09. The van der Waals surface area contributed by atoms with Crippen LogP contribution in [0.3, 0.4) is 0 Å². The molecule has 5 aromatic rings.